The zero-order valence-corrected chi connectivity index (χ0v) is 17.9. The first kappa shape index (κ1) is 21.3. The van der Waals surface area contributed by atoms with Crippen molar-refractivity contribution in [1.82, 2.24) is 4.31 Å². The summed E-state index contributed by atoms with van der Waals surface area (Å²) >= 11 is 0. The lowest BCUT2D eigenvalue weighted by Gasteiger charge is -2.31. The number of amides is 1. The molecule has 1 saturated heterocycles. The van der Waals surface area contributed by atoms with E-state index in [1.54, 1.807) is 30.3 Å². The van der Waals surface area contributed by atoms with Crippen LogP contribution >= 0.6 is 0 Å². The monoisotopic (exact) mass is 416 g/mol. The molecule has 2 aromatic rings. The van der Waals surface area contributed by atoms with E-state index in [-0.39, 0.29) is 23.5 Å². The lowest BCUT2D eigenvalue weighted by molar-refractivity contribution is -0.120. The number of piperidine rings is 1. The Morgan fingerprint density at radius 1 is 1.14 bits per heavy atom. The van der Waals surface area contributed by atoms with E-state index in [0.717, 1.165) is 5.56 Å². The number of anilines is 1. The summed E-state index contributed by atoms with van der Waals surface area (Å²) in [5.74, 6) is 0.0143. The van der Waals surface area contributed by atoms with E-state index in [9.17, 15) is 13.2 Å². The van der Waals surface area contributed by atoms with E-state index in [0.29, 0.717) is 30.8 Å². The predicted molar refractivity (Wildman–Crippen MR) is 113 cm³/mol. The van der Waals surface area contributed by atoms with E-state index in [1.165, 1.54) is 4.31 Å². The van der Waals surface area contributed by atoms with Gasteiger partial charge in [-0.05, 0) is 57.9 Å². The molecule has 1 N–H and O–H groups in total. The highest BCUT2D eigenvalue weighted by molar-refractivity contribution is 7.89. The minimum atomic E-state index is -3.61. The second-order valence-electron chi connectivity index (χ2n) is 7.67. The van der Waals surface area contributed by atoms with Crippen LogP contribution in [0, 0.1) is 12.8 Å². The summed E-state index contributed by atoms with van der Waals surface area (Å²) in [6.07, 6.45) is 1.28. The number of sulfonamides is 1. The Balaban J connectivity index is 1.72. The van der Waals surface area contributed by atoms with Crippen LogP contribution in [0.1, 0.15) is 32.3 Å². The topological polar surface area (TPSA) is 75.7 Å². The van der Waals surface area contributed by atoms with Crippen LogP contribution in [-0.2, 0) is 14.8 Å². The molecule has 3 rings (SSSR count). The van der Waals surface area contributed by atoms with Gasteiger partial charge >= 0.3 is 0 Å². The molecule has 1 amide bonds. The van der Waals surface area contributed by atoms with Gasteiger partial charge in [-0.3, -0.25) is 4.79 Å². The van der Waals surface area contributed by atoms with Crippen molar-refractivity contribution in [1.29, 1.82) is 0 Å². The molecule has 1 aliphatic heterocycles. The van der Waals surface area contributed by atoms with Crippen LogP contribution in [-0.4, -0.2) is 37.8 Å². The SMILES string of the molecule is Cc1ccc(S(=O)(=O)N2CCC[C@H](C(=O)Nc3ccccc3OC(C)C)C2)cc1. The Hall–Kier alpha value is -2.38. The van der Waals surface area contributed by atoms with Crippen molar-refractivity contribution >= 4 is 21.6 Å². The highest BCUT2D eigenvalue weighted by Gasteiger charge is 2.33. The summed E-state index contributed by atoms with van der Waals surface area (Å²) in [7, 11) is -3.61. The van der Waals surface area contributed by atoms with Gasteiger partial charge in [0.2, 0.25) is 15.9 Å². The average molecular weight is 417 g/mol. The number of benzene rings is 2. The number of carbonyl (C=O) groups is 1. The minimum Gasteiger partial charge on any atom is -0.489 e. The van der Waals surface area contributed by atoms with Crippen LogP contribution in [0.3, 0.4) is 0 Å². The molecule has 0 saturated carbocycles. The molecular weight excluding hydrogens is 388 g/mol. The Kier molecular flexibility index (Phi) is 6.59. The lowest BCUT2D eigenvalue weighted by atomic mass is 9.98. The smallest absolute Gasteiger partial charge is 0.243 e. The summed E-state index contributed by atoms with van der Waals surface area (Å²) in [4.78, 5) is 13.1. The number of nitrogens with one attached hydrogen (secondary N) is 1. The third kappa shape index (κ3) is 5.16. The van der Waals surface area contributed by atoms with Crippen LogP contribution in [0.5, 0.6) is 5.75 Å². The molecule has 0 radical (unpaired) electrons. The molecular formula is C22H28N2O4S. The van der Waals surface area contributed by atoms with Crippen molar-refractivity contribution < 1.29 is 17.9 Å². The van der Waals surface area contributed by atoms with Gasteiger partial charge in [0.1, 0.15) is 5.75 Å². The average Bonchev–Trinajstić information content (AvgIpc) is 2.69. The summed E-state index contributed by atoms with van der Waals surface area (Å²) < 4.78 is 33.1. The van der Waals surface area contributed by atoms with Crippen molar-refractivity contribution in [2.24, 2.45) is 5.92 Å². The molecule has 1 atom stereocenters. The largest absolute Gasteiger partial charge is 0.489 e. The summed E-state index contributed by atoms with van der Waals surface area (Å²) in [5.41, 5.74) is 1.60. The Bertz CT molecular complexity index is 955. The van der Waals surface area contributed by atoms with Crippen LogP contribution < -0.4 is 10.1 Å². The first-order chi connectivity index (χ1) is 13.8. The first-order valence-electron chi connectivity index (χ1n) is 9.91. The molecule has 0 aliphatic carbocycles. The maximum atomic E-state index is 13.0. The lowest BCUT2D eigenvalue weighted by Crippen LogP contribution is -2.43. The quantitative estimate of drug-likeness (QED) is 0.777. The van der Waals surface area contributed by atoms with Gasteiger partial charge in [0, 0.05) is 13.1 Å². The summed E-state index contributed by atoms with van der Waals surface area (Å²) in [6.45, 7) is 6.36. The number of nitrogens with zero attached hydrogens (tertiary/aromatic N) is 1. The zero-order chi connectivity index (χ0) is 21.0. The molecule has 2 aromatic carbocycles. The van der Waals surface area contributed by atoms with E-state index in [1.807, 2.05) is 39.0 Å². The second-order valence-corrected chi connectivity index (χ2v) is 9.61. The van der Waals surface area contributed by atoms with Gasteiger partial charge in [-0.2, -0.15) is 4.31 Å². The normalized spacial score (nSPS) is 17.9. The maximum Gasteiger partial charge on any atom is 0.243 e. The van der Waals surface area contributed by atoms with Gasteiger partial charge in [-0.15, -0.1) is 0 Å². The second kappa shape index (κ2) is 8.97. The molecule has 7 heteroatoms. The molecule has 0 bridgehead atoms. The van der Waals surface area contributed by atoms with Crippen LogP contribution in [0.2, 0.25) is 0 Å². The van der Waals surface area contributed by atoms with Crippen LogP contribution in [0.4, 0.5) is 5.69 Å². The molecule has 156 valence electrons. The molecule has 0 spiro atoms. The van der Waals surface area contributed by atoms with Crippen molar-refractivity contribution in [3.8, 4) is 5.75 Å². The van der Waals surface area contributed by atoms with Gasteiger partial charge in [0.25, 0.3) is 0 Å². The van der Waals surface area contributed by atoms with Crippen LogP contribution in [0.25, 0.3) is 0 Å². The zero-order valence-electron chi connectivity index (χ0n) is 17.1. The molecule has 1 heterocycles. The standard InChI is InChI=1S/C22H28N2O4S/c1-16(2)28-21-9-5-4-8-20(21)23-22(25)18-7-6-14-24(15-18)29(26,27)19-12-10-17(3)11-13-19/h4-5,8-13,16,18H,6-7,14-15H2,1-3H3,(H,23,25)/t18-/m0/s1. The number of para-hydroxylation sites is 2. The number of aryl methyl sites for hydroxylation is 1. The van der Waals surface area contributed by atoms with Crippen molar-refractivity contribution in [3.05, 3.63) is 54.1 Å². The fraction of sp³-hybridized carbons (Fsp3) is 0.409. The van der Waals surface area contributed by atoms with E-state index >= 15 is 0 Å². The van der Waals surface area contributed by atoms with Gasteiger partial charge in [-0.1, -0.05) is 29.8 Å². The van der Waals surface area contributed by atoms with Gasteiger partial charge in [0.05, 0.1) is 22.6 Å². The van der Waals surface area contributed by atoms with Crippen molar-refractivity contribution in [3.63, 3.8) is 0 Å². The Morgan fingerprint density at radius 2 is 1.83 bits per heavy atom. The van der Waals surface area contributed by atoms with Crippen molar-refractivity contribution in [2.75, 3.05) is 18.4 Å². The highest BCUT2D eigenvalue weighted by atomic mass is 32.2. The van der Waals surface area contributed by atoms with E-state index in [4.69, 9.17) is 4.74 Å². The highest BCUT2D eigenvalue weighted by Crippen LogP contribution is 2.28. The molecule has 0 unspecified atom stereocenters. The number of ether oxygens (including phenoxy) is 1. The Morgan fingerprint density at radius 3 is 2.52 bits per heavy atom. The van der Waals surface area contributed by atoms with E-state index < -0.39 is 15.9 Å². The molecule has 0 aromatic heterocycles. The molecule has 29 heavy (non-hydrogen) atoms. The first-order valence-corrected chi connectivity index (χ1v) is 11.3. The fourth-order valence-corrected chi connectivity index (χ4v) is 4.92. The third-order valence-electron chi connectivity index (χ3n) is 4.92. The number of rotatable bonds is 6. The molecule has 1 aliphatic rings. The minimum absolute atomic E-state index is 0.0159. The van der Waals surface area contributed by atoms with Gasteiger partial charge < -0.3 is 10.1 Å². The Labute approximate surface area is 172 Å². The summed E-state index contributed by atoms with van der Waals surface area (Å²) in [5, 5.41) is 2.92. The van der Waals surface area contributed by atoms with Gasteiger partial charge in [0.15, 0.2) is 0 Å². The fourth-order valence-electron chi connectivity index (χ4n) is 3.40. The summed E-state index contributed by atoms with van der Waals surface area (Å²) in [6, 6.07) is 14.1. The predicted octanol–water partition coefficient (Wildman–Crippen LogP) is 3.82. The third-order valence-corrected chi connectivity index (χ3v) is 6.80. The molecule has 1 fully saturated rings. The maximum absolute atomic E-state index is 13.0. The van der Waals surface area contributed by atoms with Gasteiger partial charge in [-0.25, -0.2) is 8.42 Å². The molecule has 6 nitrogen and oxygen atoms in total. The number of hydrogen-bond donors (Lipinski definition) is 1. The van der Waals surface area contributed by atoms with Crippen molar-refractivity contribution in [2.45, 2.75) is 44.6 Å². The van der Waals surface area contributed by atoms with E-state index in [2.05, 4.69) is 5.32 Å². The number of carbonyl (C=O) groups excluding carboxylic acids is 1. The van der Waals surface area contributed by atoms with Crippen LogP contribution in [0.15, 0.2) is 53.4 Å². The number of hydrogen-bond acceptors (Lipinski definition) is 4.